The molecule has 1 aliphatic heterocycles. The van der Waals surface area contributed by atoms with Crippen molar-refractivity contribution in [1.29, 1.82) is 0 Å². The van der Waals surface area contributed by atoms with E-state index in [0.29, 0.717) is 18.4 Å². The van der Waals surface area contributed by atoms with E-state index in [1.807, 2.05) is 4.90 Å². The highest BCUT2D eigenvalue weighted by Crippen LogP contribution is 2.51. The Kier molecular flexibility index (Phi) is 4.83. The van der Waals surface area contributed by atoms with Crippen molar-refractivity contribution in [1.82, 2.24) is 9.88 Å². The third kappa shape index (κ3) is 4.09. The number of ether oxygens (including phenoxy) is 1. The van der Waals surface area contributed by atoms with Crippen molar-refractivity contribution < 1.29 is 27.8 Å². The van der Waals surface area contributed by atoms with Gasteiger partial charge in [0.2, 0.25) is 11.8 Å². The molecule has 1 N–H and O–H groups in total. The SMILES string of the molecule is Cc1cc(C(F)(F)F)cnc1OC1CC2(CCN(C(=O)C3CC(C)(O)C3)CC2)C1. The Labute approximate surface area is 168 Å². The minimum absolute atomic E-state index is 0.0399. The summed E-state index contributed by atoms with van der Waals surface area (Å²) in [7, 11) is 0. The number of hydrogen-bond donors (Lipinski definition) is 1. The number of amides is 1. The number of alkyl halides is 3. The van der Waals surface area contributed by atoms with Crippen LogP contribution in [0.1, 0.15) is 56.6 Å². The van der Waals surface area contributed by atoms with Crippen LogP contribution in [0.3, 0.4) is 0 Å². The smallest absolute Gasteiger partial charge is 0.417 e. The number of hydrogen-bond acceptors (Lipinski definition) is 4. The van der Waals surface area contributed by atoms with E-state index in [4.69, 9.17) is 4.74 Å². The summed E-state index contributed by atoms with van der Waals surface area (Å²) in [5.41, 5.74) is -0.915. The summed E-state index contributed by atoms with van der Waals surface area (Å²) in [6.07, 6.45) is 0.983. The number of aryl methyl sites for hydroxylation is 1. The van der Waals surface area contributed by atoms with Crippen molar-refractivity contribution in [2.24, 2.45) is 11.3 Å². The van der Waals surface area contributed by atoms with Gasteiger partial charge >= 0.3 is 6.18 Å². The van der Waals surface area contributed by atoms with Gasteiger partial charge in [0.1, 0.15) is 6.10 Å². The highest BCUT2D eigenvalue weighted by molar-refractivity contribution is 5.80. The highest BCUT2D eigenvalue weighted by Gasteiger charge is 2.50. The molecule has 3 aliphatic rings. The van der Waals surface area contributed by atoms with Crippen molar-refractivity contribution in [2.45, 2.75) is 70.3 Å². The van der Waals surface area contributed by atoms with Crippen LogP contribution in [0.2, 0.25) is 0 Å². The Morgan fingerprint density at radius 1 is 1.24 bits per heavy atom. The molecule has 1 spiro atoms. The summed E-state index contributed by atoms with van der Waals surface area (Å²) >= 11 is 0. The molecular formula is C21H27F3N2O3. The van der Waals surface area contributed by atoms with Gasteiger partial charge < -0.3 is 14.7 Å². The van der Waals surface area contributed by atoms with Gasteiger partial charge in [0, 0.05) is 30.8 Å². The molecule has 160 valence electrons. The molecule has 3 fully saturated rings. The van der Waals surface area contributed by atoms with Crippen molar-refractivity contribution >= 4 is 5.91 Å². The number of aliphatic hydroxyl groups is 1. The maximum absolute atomic E-state index is 12.8. The van der Waals surface area contributed by atoms with Crippen molar-refractivity contribution in [3.63, 3.8) is 0 Å². The summed E-state index contributed by atoms with van der Waals surface area (Å²) < 4.78 is 44.1. The maximum atomic E-state index is 12.8. The molecule has 0 bridgehead atoms. The van der Waals surface area contributed by atoms with E-state index < -0.39 is 17.3 Å². The standard InChI is InChI=1S/C21H27F3N2O3/c1-13-7-15(21(22,23)24)12-25-17(13)29-16-10-20(11-16)3-5-26(6-4-20)18(27)14-8-19(2,28)9-14/h7,12,14,16,28H,3-6,8-11H2,1-2H3. The fourth-order valence-electron chi connectivity index (χ4n) is 5.03. The van der Waals surface area contributed by atoms with Gasteiger partial charge in [-0.2, -0.15) is 13.2 Å². The molecule has 2 aliphatic carbocycles. The van der Waals surface area contributed by atoms with Gasteiger partial charge in [-0.1, -0.05) is 0 Å². The summed E-state index contributed by atoms with van der Waals surface area (Å²) in [6, 6.07) is 1.07. The van der Waals surface area contributed by atoms with Crippen LogP contribution >= 0.6 is 0 Å². The largest absolute Gasteiger partial charge is 0.474 e. The number of carbonyl (C=O) groups is 1. The van der Waals surface area contributed by atoms with Gasteiger partial charge in [0.05, 0.1) is 11.2 Å². The quantitative estimate of drug-likeness (QED) is 0.822. The van der Waals surface area contributed by atoms with Gasteiger partial charge in [-0.25, -0.2) is 4.98 Å². The molecule has 0 atom stereocenters. The Morgan fingerprint density at radius 2 is 1.86 bits per heavy atom. The van der Waals surface area contributed by atoms with Crippen LogP contribution in [-0.2, 0) is 11.0 Å². The average Bonchev–Trinajstić information content (AvgIpc) is 2.59. The maximum Gasteiger partial charge on any atom is 0.417 e. The third-order valence-electron chi connectivity index (χ3n) is 6.81. The minimum Gasteiger partial charge on any atom is -0.474 e. The van der Waals surface area contributed by atoms with E-state index >= 15 is 0 Å². The average molecular weight is 412 g/mol. The molecule has 4 rings (SSSR count). The minimum atomic E-state index is -4.41. The highest BCUT2D eigenvalue weighted by atomic mass is 19.4. The zero-order valence-corrected chi connectivity index (χ0v) is 16.8. The lowest BCUT2D eigenvalue weighted by Gasteiger charge is -2.52. The monoisotopic (exact) mass is 412 g/mol. The second-order valence-electron chi connectivity index (χ2n) is 9.42. The lowest BCUT2D eigenvalue weighted by atomic mass is 9.61. The van der Waals surface area contributed by atoms with Crippen LogP contribution in [0.4, 0.5) is 13.2 Å². The van der Waals surface area contributed by atoms with E-state index in [2.05, 4.69) is 4.98 Å². The molecular weight excluding hydrogens is 385 g/mol. The lowest BCUT2D eigenvalue weighted by Crippen LogP contribution is -2.55. The Hall–Kier alpha value is -1.83. The Balaban J connectivity index is 1.26. The van der Waals surface area contributed by atoms with Crippen LogP contribution in [-0.4, -0.2) is 45.7 Å². The first-order chi connectivity index (χ1) is 13.5. The molecule has 2 saturated carbocycles. The van der Waals surface area contributed by atoms with Gasteiger partial charge in [0.15, 0.2) is 0 Å². The summed E-state index contributed by atoms with van der Waals surface area (Å²) in [6.45, 7) is 4.79. The van der Waals surface area contributed by atoms with E-state index in [-0.39, 0.29) is 29.2 Å². The zero-order valence-electron chi connectivity index (χ0n) is 16.8. The van der Waals surface area contributed by atoms with Gasteiger partial charge in [-0.3, -0.25) is 4.79 Å². The number of rotatable bonds is 3. The molecule has 2 heterocycles. The number of pyridine rings is 1. The lowest BCUT2D eigenvalue weighted by molar-refractivity contribution is -0.154. The number of carbonyl (C=O) groups excluding carboxylic acids is 1. The van der Waals surface area contributed by atoms with Gasteiger partial charge in [0.25, 0.3) is 0 Å². The number of likely N-dealkylation sites (tertiary alicyclic amines) is 1. The molecule has 1 amide bonds. The first-order valence-corrected chi connectivity index (χ1v) is 10.2. The molecule has 8 heteroatoms. The predicted molar refractivity (Wildman–Crippen MR) is 99.2 cm³/mol. The number of aromatic nitrogens is 1. The van der Waals surface area contributed by atoms with Crippen LogP contribution in [0.25, 0.3) is 0 Å². The molecule has 0 unspecified atom stereocenters. The second-order valence-corrected chi connectivity index (χ2v) is 9.42. The van der Waals surface area contributed by atoms with E-state index in [1.165, 1.54) is 0 Å². The topological polar surface area (TPSA) is 62.7 Å². The molecule has 1 aromatic heterocycles. The van der Waals surface area contributed by atoms with Crippen molar-refractivity contribution in [2.75, 3.05) is 13.1 Å². The van der Waals surface area contributed by atoms with Crippen LogP contribution in [0, 0.1) is 18.3 Å². The Morgan fingerprint density at radius 3 is 2.38 bits per heavy atom. The molecule has 29 heavy (non-hydrogen) atoms. The van der Waals surface area contributed by atoms with Crippen LogP contribution < -0.4 is 4.74 Å². The van der Waals surface area contributed by atoms with Crippen molar-refractivity contribution in [3.05, 3.63) is 23.4 Å². The molecule has 1 saturated heterocycles. The summed E-state index contributed by atoms with van der Waals surface area (Å²) in [5, 5.41) is 9.84. The first kappa shape index (κ1) is 20.4. The number of nitrogens with zero attached hydrogens (tertiary/aromatic N) is 2. The van der Waals surface area contributed by atoms with Crippen LogP contribution in [0.15, 0.2) is 12.3 Å². The fraction of sp³-hybridized carbons (Fsp3) is 0.714. The van der Waals surface area contributed by atoms with E-state index in [0.717, 1.165) is 51.0 Å². The molecule has 0 aromatic carbocycles. The number of halogens is 3. The fourth-order valence-corrected chi connectivity index (χ4v) is 5.03. The molecule has 5 nitrogen and oxygen atoms in total. The van der Waals surface area contributed by atoms with E-state index in [9.17, 15) is 23.1 Å². The van der Waals surface area contributed by atoms with Crippen molar-refractivity contribution in [3.8, 4) is 5.88 Å². The normalized spacial score (nSPS) is 29.3. The molecule has 1 aromatic rings. The molecule has 0 radical (unpaired) electrons. The first-order valence-electron chi connectivity index (χ1n) is 10.2. The summed E-state index contributed by atoms with van der Waals surface area (Å²) in [5.74, 6) is 0.371. The zero-order chi connectivity index (χ0) is 21.0. The second kappa shape index (κ2) is 6.86. The Bertz CT molecular complexity index is 785. The van der Waals surface area contributed by atoms with Gasteiger partial charge in [-0.05, 0) is 63.9 Å². The predicted octanol–water partition coefficient (Wildman–Crippen LogP) is 3.72. The third-order valence-corrected chi connectivity index (χ3v) is 6.81. The van der Waals surface area contributed by atoms with Gasteiger partial charge in [-0.15, -0.1) is 0 Å². The van der Waals surface area contributed by atoms with E-state index in [1.54, 1.807) is 13.8 Å². The summed E-state index contributed by atoms with van der Waals surface area (Å²) in [4.78, 5) is 18.3. The van der Waals surface area contributed by atoms with Crippen LogP contribution in [0.5, 0.6) is 5.88 Å². The number of piperidine rings is 1.